The molecule has 0 amide bonds. The standard InChI is InChI=1S/C19H33N3O3S/c1-6-20-19(21-13-12-18(15(3)4)25-7-2)22-14-16-8-10-17(11-9-16)26(5,23)24/h8-11,15,18H,6-7,12-14H2,1-5H3,(H2,20,21,22). The molecule has 0 radical (unpaired) electrons. The summed E-state index contributed by atoms with van der Waals surface area (Å²) >= 11 is 0. The van der Waals surface area contributed by atoms with E-state index in [2.05, 4.69) is 29.5 Å². The second-order valence-electron chi connectivity index (χ2n) is 6.56. The molecule has 7 heteroatoms. The number of benzene rings is 1. The van der Waals surface area contributed by atoms with Crippen LogP contribution in [0, 0.1) is 5.92 Å². The summed E-state index contributed by atoms with van der Waals surface area (Å²) in [6.07, 6.45) is 2.36. The lowest BCUT2D eigenvalue weighted by Gasteiger charge is -2.21. The SMILES string of the molecule is CCNC(=NCc1ccc(S(C)(=O)=O)cc1)NCCC(OCC)C(C)C. The van der Waals surface area contributed by atoms with Crippen molar-refractivity contribution in [1.82, 2.24) is 10.6 Å². The van der Waals surface area contributed by atoms with Gasteiger partial charge in [-0.15, -0.1) is 0 Å². The maximum Gasteiger partial charge on any atom is 0.191 e. The molecule has 1 unspecified atom stereocenters. The average Bonchev–Trinajstić information content (AvgIpc) is 2.58. The van der Waals surface area contributed by atoms with Crippen LogP contribution in [-0.2, 0) is 21.1 Å². The van der Waals surface area contributed by atoms with E-state index in [1.54, 1.807) is 24.3 Å². The molecule has 0 aliphatic heterocycles. The molecule has 1 rings (SSSR count). The highest BCUT2D eigenvalue weighted by Gasteiger charge is 2.13. The van der Waals surface area contributed by atoms with Crippen LogP contribution in [0.1, 0.15) is 39.7 Å². The molecule has 1 aromatic carbocycles. The van der Waals surface area contributed by atoms with Crippen LogP contribution in [-0.4, -0.2) is 46.4 Å². The smallest absolute Gasteiger partial charge is 0.191 e. The Morgan fingerprint density at radius 2 is 1.81 bits per heavy atom. The predicted octanol–water partition coefficient (Wildman–Crippen LogP) is 2.60. The molecule has 0 aromatic heterocycles. The van der Waals surface area contributed by atoms with Crippen LogP contribution >= 0.6 is 0 Å². The predicted molar refractivity (Wildman–Crippen MR) is 107 cm³/mol. The minimum atomic E-state index is -3.16. The Bertz CT molecular complexity index is 655. The van der Waals surface area contributed by atoms with Crippen molar-refractivity contribution in [3.63, 3.8) is 0 Å². The minimum Gasteiger partial charge on any atom is -0.378 e. The van der Waals surface area contributed by atoms with Crippen molar-refractivity contribution in [2.24, 2.45) is 10.9 Å². The number of rotatable bonds is 10. The van der Waals surface area contributed by atoms with Gasteiger partial charge >= 0.3 is 0 Å². The molecule has 2 N–H and O–H groups in total. The molecule has 1 aromatic rings. The zero-order valence-electron chi connectivity index (χ0n) is 16.6. The van der Waals surface area contributed by atoms with Gasteiger partial charge in [0.05, 0.1) is 17.5 Å². The van der Waals surface area contributed by atoms with Crippen molar-refractivity contribution in [1.29, 1.82) is 0 Å². The summed E-state index contributed by atoms with van der Waals surface area (Å²) in [4.78, 5) is 4.89. The zero-order valence-corrected chi connectivity index (χ0v) is 17.4. The summed E-state index contributed by atoms with van der Waals surface area (Å²) < 4.78 is 28.8. The highest BCUT2D eigenvalue weighted by molar-refractivity contribution is 7.90. The molecule has 0 saturated heterocycles. The monoisotopic (exact) mass is 383 g/mol. The fraction of sp³-hybridized carbons (Fsp3) is 0.632. The van der Waals surface area contributed by atoms with Crippen LogP contribution in [0.5, 0.6) is 0 Å². The van der Waals surface area contributed by atoms with Gasteiger partial charge < -0.3 is 15.4 Å². The third kappa shape index (κ3) is 8.19. The second kappa shape index (κ2) is 11.2. The Kier molecular flexibility index (Phi) is 9.65. The third-order valence-electron chi connectivity index (χ3n) is 3.96. The number of nitrogens with zero attached hydrogens (tertiary/aromatic N) is 1. The van der Waals surface area contributed by atoms with Crippen molar-refractivity contribution in [3.8, 4) is 0 Å². The zero-order chi connectivity index (χ0) is 19.6. The maximum atomic E-state index is 11.5. The van der Waals surface area contributed by atoms with E-state index in [4.69, 9.17) is 4.74 Å². The van der Waals surface area contributed by atoms with Crippen molar-refractivity contribution < 1.29 is 13.2 Å². The minimum absolute atomic E-state index is 0.235. The summed E-state index contributed by atoms with van der Waals surface area (Å²) in [5.74, 6) is 1.23. The van der Waals surface area contributed by atoms with Gasteiger partial charge in [0, 0.05) is 26.0 Å². The van der Waals surface area contributed by atoms with Gasteiger partial charge in [-0.3, -0.25) is 0 Å². The van der Waals surface area contributed by atoms with Crippen LogP contribution in [0.15, 0.2) is 34.2 Å². The second-order valence-corrected chi connectivity index (χ2v) is 8.58. The fourth-order valence-corrected chi connectivity index (χ4v) is 3.14. The number of aliphatic imine (C=N–C) groups is 1. The lowest BCUT2D eigenvalue weighted by Crippen LogP contribution is -2.39. The van der Waals surface area contributed by atoms with Gasteiger partial charge in [-0.2, -0.15) is 0 Å². The van der Waals surface area contributed by atoms with E-state index in [0.29, 0.717) is 17.4 Å². The Hall–Kier alpha value is -1.60. The van der Waals surface area contributed by atoms with Crippen molar-refractivity contribution in [2.75, 3.05) is 26.0 Å². The van der Waals surface area contributed by atoms with Gasteiger partial charge in [-0.25, -0.2) is 13.4 Å². The van der Waals surface area contributed by atoms with E-state index in [9.17, 15) is 8.42 Å². The molecule has 0 heterocycles. The van der Waals surface area contributed by atoms with E-state index in [-0.39, 0.29) is 6.10 Å². The van der Waals surface area contributed by atoms with Gasteiger partial charge in [0.15, 0.2) is 15.8 Å². The number of hydrogen-bond donors (Lipinski definition) is 2. The van der Waals surface area contributed by atoms with E-state index in [1.807, 2.05) is 13.8 Å². The molecule has 148 valence electrons. The topological polar surface area (TPSA) is 79.8 Å². The van der Waals surface area contributed by atoms with Gasteiger partial charge in [0.2, 0.25) is 0 Å². The molecule has 0 bridgehead atoms. The summed E-state index contributed by atoms with van der Waals surface area (Å²) in [6.45, 7) is 11.1. The summed E-state index contributed by atoms with van der Waals surface area (Å²) in [6, 6.07) is 6.84. The Morgan fingerprint density at radius 1 is 1.15 bits per heavy atom. The Labute approximate surface area is 158 Å². The molecule has 0 aliphatic carbocycles. The van der Waals surface area contributed by atoms with Crippen molar-refractivity contribution in [2.45, 2.75) is 51.7 Å². The first-order valence-electron chi connectivity index (χ1n) is 9.20. The Balaban J connectivity index is 2.62. The molecule has 26 heavy (non-hydrogen) atoms. The van der Waals surface area contributed by atoms with Crippen LogP contribution in [0.4, 0.5) is 0 Å². The van der Waals surface area contributed by atoms with Gasteiger partial charge in [0.1, 0.15) is 0 Å². The first kappa shape index (κ1) is 22.4. The maximum absolute atomic E-state index is 11.5. The summed E-state index contributed by atoms with van der Waals surface area (Å²) in [5.41, 5.74) is 0.962. The molecular weight excluding hydrogens is 350 g/mol. The molecular formula is C19H33N3O3S. The number of guanidine groups is 1. The van der Waals surface area contributed by atoms with E-state index >= 15 is 0 Å². The molecule has 0 spiro atoms. The number of nitrogens with one attached hydrogen (secondary N) is 2. The lowest BCUT2D eigenvalue weighted by atomic mass is 10.0. The van der Waals surface area contributed by atoms with Crippen molar-refractivity contribution in [3.05, 3.63) is 29.8 Å². The molecule has 6 nitrogen and oxygen atoms in total. The first-order chi connectivity index (χ1) is 12.3. The molecule has 1 atom stereocenters. The van der Waals surface area contributed by atoms with Gasteiger partial charge in [0.25, 0.3) is 0 Å². The largest absolute Gasteiger partial charge is 0.378 e. The van der Waals surface area contributed by atoms with E-state index in [0.717, 1.165) is 37.6 Å². The normalized spacial score (nSPS) is 13.7. The quantitative estimate of drug-likeness (QED) is 0.479. The fourth-order valence-electron chi connectivity index (χ4n) is 2.51. The first-order valence-corrected chi connectivity index (χ1v) is 11.1. The lowest BCUT2D eigenvalue weighted by molar-refractivity contribution is 0.0258. The number of hydrogen-bond acceptors (Lipinski definition) is 4. The van der Waals surface area contributed by atoms with Gasteiger partial charge in [-0.1, -0.05) is 26.0 Å². The summed E-state index contributed by atoms with van der Waals surface area (Å²) in [7, 11) is -3.16. The molecule has 0 fully saturated rings. The number of sulfone groups is 1. The van der Waals surface area contributed by atoms with Gasteiger partial charge in [-0.05, 0) is 43.9 Å². The van der Waals surface area contributed by atoms with Crippen LogP contribution < -0.4 is 10.6 Å². The highest BCUT2D eigenvalue weighted by atomic mass is 32.2. The van der Waals surface area contributed by atoms with Crippen LogP contribution in [0.25, 0.3) is 0 Å². The average molecular weight is 384 g/mol. The Morgan fingerprint density at radius 3 is 2.31 bits per heavy atom. The molecule has 0 aliphatic rings. The van der Waals surface area contributed by atoms with Crippen LogP contribution in [0.2, 0.25) is 0 Å². The third-order valence-corrected chi connectivity index (χ3v) is 5.09. The number of ether oxygens (including phenoxy) is 1. The van der Waals surface area contributed by atoms with Crippen molar-refractivity contribution >= 4 is 15.8 Å². The highest BCUT2D eigenvalue weighted by Crippen LogP contribution is 2.11. The van der Waals surface area contributed by atoms with E-state index in [1.165, 1.54) is 6.26 Å². The van der Waals surface area contributed by atoms with E-state index < -0.39 is 9.84 Å². The van der Waals surface area contributed by atoms with Crippen LogP contribution in [0.3, 0.4) is 0 Å². The summed E-state index contributed by atoms with van der Waals surface area (Å²) in [5, 5.41) is 6.56. The molecule has 0 saturated carbocycles.